The number of carbonyl (C=O) groups is 1. The van der Waals surface area contributed by atoms with Crippen LogP contribution in [0.2, 0.25) is 0 Å². The maximum atomic E-state index is 11.6. The smallest absolute Gasteiger partial charge is 0.321 e. The molecule has 1 aromatic carbocycles. The molecule has 1 aliphatic heterocycles. The first-order valence-electron chi connectivity index (χ1n) is 7.68. The minimum absolute atomic E-state index is 0.256. The van der Waals surface area contributed by atoms with Gasteiger partial charge in [0.05, 0.1) is 0 Å². The Morgan fingerprint density at radius 1 is 1.35 bits per heavy atom. The maximum absolute atomic E-state index is 11.6. The van der Waals surface area contributed by atoms with Crippen molar-refractivity contribution < 1.29 is 9.90 Å². The van der Waals surface area contributed by atoms with Gasteiger partial charge in [0.15, 0.2) is 0 Å². The van der Waals surface area contributed by atoms with Gasteiger partial charge in [-0.1, -0.05) is 43.7 Å². The van der Waals surface area contributed by atoms with E-state index in [1.807, 2.05) is 6.07 Å². The van der Waals surface area contributed by atoms with Crippen LogP contribution >= 0.6 is 0 Å². The molecule has 0 spiro atoms. The number of carboxylic acid groups (broad SMARTS) is 1. The molecule has 1 saturated carbocycles. The molecule has 1 heterocycles. The number of likely N-dealkylation sites (tertiary alicyclic amines) is 1. The van der Waals surface area contributed by atoms with E-state index in [4.69, 9.17) is 0 Å². The lowest BCUT2D eigenvalue weighted by atomic mass is 9.94. The summed E-state index contributed by atoms with van der Waals surface area (Å²) >= 11 is 0. The summed E-state index contributed by atoms with van der Waals surface area (Å²) in [5.74, 6) is 0.756. The molecule has 2 fully saturated rings. The third-order valence-electron chi connectivity index (χ3n) is 5.12. The van der Waals surface area contributed by atoms with Crippen LogP contribution in [0.4, 0.5) is 0 Å². The van der Waals surface area contributed by atoms with Gasteiger partial charge in [0.2, 0.25) is 0 Å². The first-order valence-corrected chi connectivity index (χ1v) is 7.68. The number of benzene rings is 1. The first-order chi connectivity index (χ1) is 9.66. The topological polar surface area (TPSA) is 40.5 Å². The summed E-state index contributed by atoms with van der Waals surface area (Å²) in [5.41, 5.74) is 1.30. The second-order valence-corrected chi connectivity index (χ2v) is 6.40. The summed E-state index contributed by atoms with van der Waals surface area (Å²) in [5, 5.41) is 9.57. The van der Waals surface area contributed by atoms with E-state index in [0.717, 1.165) is 19.5 Å². The molecule has 0 bridgehead atoms. The summed E-state index contributed by atoms with van der Waals surface area (Å²) < 4.78 is 0. The van der Waals surface area contributed by atoms with Gasteiger partial charge in [0.1, 0.15) is 6.04 Å². The van der Waals surface area contributed by atoms with Gasteiger partial charge in [-0.15, -0.1) is 0 Å². The Morgan fingerprint density at radius 3 is 2.80 bits per heavy atom. The zero-order valence-corrected chi connectivity index (χ0v) is 12.0. The highest BCUT2D eigenvalue weighted by Crippen LogP contribution is 2.42. The molecule has 0 radical (unpaired) electrons. The van der Waals surface area contributed by atoms with Crippen molar-refractivity contribution in [3.63, 3.8) is 0 Å². The molecule has 1 N–H and O–H groups in total. The number of aliphatic carboxylic acids is 1. The van der Waals surface area contributed by atoms with Crippen molar-refractivity contribution in [1.29, 1.82) is 0 Å². The van der Waals surface area contributed by atoms with Gasteiger partial charge in [-0.3, -0.25) is 9.69 Å². The Balaban J connectivity index is 1.72. The van der Waals surface area contributed by atoms with E-state index < -0.39 is 5.97 Å². The molecule has 0 amide bonds. The second-order valence-electron chi connectivity index (χ2n) is 6.40. The number of fused-ring (bicyclic) bond motifs is 1. The average Bonchev–Trinajstić information content (AvgIpc) is 2.99. The van der Waals surface area contributed by atoms with Crippen LogP contribution in [0.1, 0.15) is 37.7 Å². The maximum Gasteiger partial charge on any atom is 0.321 e. The van der Waals surface area contributed by atoms with Crippen molar-refractivity contribution in [3.8, 4) is 0 Å². The average molecular weight is 273 g/mol. The summed E-state index contributed by atoms with van der Waals surface area (Å²) in [6, 6.07) is 10.2. The Bertz CT molecular complexity index is 473. The molecule has 0 aromatic heterocycles. The lowest BCUT2D eigenvalue weighted by Crippen LogP contribution is -2.41. The molecule has 1 aliphatic carbocycles. The van der Waals surface area contributed by atoms with E-state index in [2.05, 4.69) is 36.1 Å². The highest BCUT2D eigenvalue weighted by atomic mass is 16.4. The molecule has 2 aliphatic rings. The normalized spacial score (nSPS) is 31.1. The minimum atomic E-state index is -0.625. The van der Waals surface area contributed by atoms with E-state index >= 15 is 0 Å². The van der Waals surface area contributed by atoms with Gasteiger partial charge < -0.3 is 5.11 Å². The van der Waals surface area contributed by atoms with Crippen molar-refractivity contribution in [2.45, 2.75) is 38.1 Å². The van der Waals surface area contributed by atoms with E-state index in [1.54, 1.807) is 0 Å². The monoisotopic (exact) mass is 273 g/mol. The van der Waals surface area contributed by atoms with Gasteiger partial charge in [0.25, 0.3) is 0 Å². The SMILES string of the molecule is CC(CN1CC2CCCC2C1C(=O)O)c1ccccc1. The number of rotatable bonds is 4. The van der Waals surface area contributed by atoms with Gasteiger partial charge >= 0.3 is 5.97 Å². The zero-order chi connectivity index (χ0) is 14.1. The fraction of sp³-hybridized carbons (Fsp3) is 0.588. The van der Waals surface area contributed by atoms with E-state index in [1.165, 1.54) is 18.4 Å². The van der Waals surface area contributed by atoms with Crippen molar-refractivity contribution >= 4 is 5.97 Å². The lowest BCUT2D eigenvalue weighted by molar-refractivity contribution is -0.143. The fourth-order valence-corrected chi connectivity index (χ4v) is 4.16. The quantitative estimate of drug-likeness (QED) is 0.917. The van der Waals surface area contributed by atoms with E-state index in [-0.39, 0.29) is 6.04 Å². The van der Waals surface area contributed by atoms with E-state index in [9.17, 15) is 9.90 Å². The largest absolute Gasteiger partial charge is 0.480 e. The summed E-state index contributed by atoms with van der Waals surface area (Å²) in [7, 11) is 0. The molecule has 3 heteroatoms. The standard InChI is InChI=1S/C17H23NO2/c1-12(13-6-3-2-4-7-13)10-18-11-14-8-5-9-15(14)16(18)17(19)20/h2-4,6-7,12,14-16H,5,8-11H2,1H3,(H,19,20). The van der Waals surface area contributed by atoms with Crippen LogP contribution in [0.25, 0.3) is 0 Å². The molecule has 20 heavy (non-hydrogen) atoms. The Morgan fingerprint density at radius 2 is 2.10 bits per heavy atom. The first kappa shape index (κ1) is 13.6. The highest BCUT2D eigenvalue weighted by molar-refractivity contribution is 5.74. The predicted octanol–water partition coefficient (Wildman–Crippen LogP) is 2.98. The molecule has 3 nitrogen and oxygen atoms in total. The van der Waals surface area contributed by atoms with Crippen LogP contribution in [0.5, 0.6) is 0 Å². The van der Waals surface area contributed by atoms with Gasteiger partial charge in [-0.25, -0.2) is 0 Å². The van der Waals surface area contributed by atoms with Gasteiger partial charge in [-0.2, -0.15) is 0 Å². The minimum Gasteiger partial charge on any atom is -0.480 e. The van der Waals surface area contributed by atoms with Crippen LogP contribution < -0.4 is 0 Å². The number of hydrogen-bond donors (Lipinski definition) is 1. The van der Waals surface area contributed by atoms with Crippen molar-refractivity contribution in [2.75, 3.05) is 13.1 Å². The third-order valence-corrected chi connectivity index (χ3v) is 5.12. The van der Waals surface area contributed by atoms with Gasteiger partial charge in [0, 0.05) is 13.1 Å². The van der Waals surface area contributed by atoms with Gasteiger partial charge in [-0.05, 0) is 36.2 Å². The molecule has 108 valence electrons. The van der Waals surface area contributed by atoms with Crippen LogP contribution in [0, 0.1) is 11.8 Å². The Labute approximate surface area is 120 Å². The Kier molecular flexibility index (Phi) is 3.79. The van der Waals surface area contributed by atoms with Crippen LogP contribution in [-0.4, -0.2) is 35.1 Å². The summed E-state index contributed by atoms with van der Waals surface area (Å²) in [6.07, 6.45) is 3.52. The fourth-order valence-electron chi connectivity index (χ4n) is 4.16. The number of nitrogens with zero attached hydrogens (tertiary/aromatic N) is 1. The molecule has 4 atom stereocenters. The van der Waals surface area contributed by atoms with Crippen LogP contribution in [-0.2, 0) is 4.79 Å². The lowest BCUT2D eigenvalue weighted by Gasteiger charge is -2.27. The molecule has 3 rings (SSSR count). The number of carboxylic acids is 1. The molecule has 4 unspecified atom stereocenters. The molecule has 1 saturated heterocycles. The predicted molar refractivity (Wildman–Crippen MR) is 78.7 cm³/mol. The summed E-state index contributed by atoms with van der Waals surface area (Å²) in [6.45, 7) is 4.02. The van der Waals surface area contributed by atoms with E-state index in [0.29, 0.717) is 17.8 Å². The Hall–Kier alpha value is -1.35. The number of hydrogen-bond acceptors (Lipinski definition) is 2. The molecular weight excluding hydrogens is 250 g/mol. The van der Waals surface area contributed by atoms with Crippen LogP contribution in [0.3, 0.4) is 0 Å². The van der Waals surface area contributed by atoms with Crippen molar-refractivity contribution in [1.82, 2.24) is 4.90 Å². The highest BCUT2D eigenvalue weighted by Gasteiger charge is 2.47. The zero-order valence-electron chi connectivity index (χ0n) is 12.0. The van der Waals surface area contributed by atoms with Crippen LogP contribution in [0.15, 0.2) is 30.3 Å². The second kappa shape index (κ2) is 5.57. The third kappa shape index (κ3) is 2.47. The van der Waals surface area contributed by atoms with Crippen molar-refractivity contribution in [3.05, 3.63) is 35.9 Å². The summed E-state index contributed by atoms with van der Waals surface area (Å²) in [4.78, 5) is 13.8. The van der Waals surface area contributed by atoms with Crippen molar-refractivity contribution in [2.24, 2.45) is 11.8 Å². The molecule has 1 aromatic rings. The molecular formula is C17H23NO2.